The number of halogens is 1. The molecule has 170 valence electrons. The third-order valence-corrected chi connectivity index (χ3v) is 6.14. The maximum absolute atomic E-state index is 13.4. The molecule has 4 rings (SSSR count). The smallest absolute Gasteiger partial charge is 0.254 e. The predicted molar refractivity (Wildman–Crippen MR) is 128 cm³/mol. The van der Waals surface area contributed by atoms with Crippen LogP contribution in [0.2, 0.25) is 0 Å². The number of pyridine rings is 1. The predicted octanol–water partition coefficient (Wildman–Crippen LogP) is 4.90. The Bertz CT molecular complexity index is 1340. The molecule has 33 heavy (non-hydrogen) atoms. The van der Waals surface area contributed by atoms with Crippen molar-refractivity contribution in [3.8, 4) is 10.6 Å². The summed E-state index contributed by atoms with van der Waals surface area (Å²) in [7, 11) is 1.56. The lowest BCUT2D eigenvalue weighted by Crippen LogP contribution is -2.35. The molecule has 7 nitrogen and oxygen atoms in total. The first-order valence-corrected chi connectivity index (χ1v) is 11.3. The van der Waals surface area contributed by atoms with E-state index in [9.17, 15) is 14.0 Å². The molecule has 0 aliphatic heterocycles. The Morgan fingerprint density at radius 2 is 2.00 bits per heavy atom. The first-order valence-electron chi connectivity index (χ1n) is 10.5. The summed E-state index contributed by atoms with van der Waals surface area (Å²) in [6.07, 6.45) is 1.64. The maximum Gasteiger partial charge on any atom is 0.254 e. The first kappa shape index (κ1) is 22.6. The number of aromatic nitrogens is 3. The second-order valence-corrected chi connectivity index (χ2v) is 9.39. The topological polar surface area (TPSA) is 80.1 Å². The fourth-order valence-corrected chi connectivity index (χ4v) is 4.36. The number of fused-ring (bicyclic) bond motifs is 1. The molecule has 0 atom stereocenters. The number of carbonyl (C=O) groups excluding carboxylic acids is 2. The van der Waals surface area contributed by atoms with E-state index in [4.69, 9.17) is 4.98 Å². The number of carbonyl (C=O) groups is 2. The van der Waals surface area contributed by atoms with E-state index in [1.807, 2.05) is 32.9 Å². The lowest BCUT2D eigenvalue weighted by Gasteiger charge is -2.18. The van der Waals surface area contributed by atoms with Crippen LogP contribution in [0, 0.1) is 12.7 Å². The molecule has 0 unspecified atom stereocenters. The highest BCUT2D eigenvalue weighted by Gasteiger charge is 2.22. The minimum atomic E-state index is -0.449. The fourth-order valence-electron chi connectivity index (χ4n) is 3.53. The first-order chi connectivity index (χ1) is 15.7. The van der Waals surface area contributed by atoms with Gasteiger partial charge >= 0.3 is 0 Å². The number of nitrogens with one attached hydrogen (secondary N) is 1. The molecule has 4 aromatic rings. The Balaban J connectivity index is 1.65. The van der Waals surface area contributed by atoms with Crippen molar-refractivity contribution in [1.82, 2.24) is 19.7 Å². The van der Waals surface area contributed by atoms with Gasteiger partial charge in [-0.15, -0.1) is 11.3 Å². The molecule has 0 fully saturated rings. The van der Waals surface area contributed by atoms with Crippen LogP contribution in [0.5, 0.6) is 0 Å². The molecule has 0 bridgehead atoms. The van der Waals surface area contributed by atoms with Crippen molar-refractivity contribution >= 4 is 39.9 Å². The molecule has 1 aromatic carbocycles. The monoisotopic (exact) mass is 465 g/mol. The Morgan fingerprint density at radius 1 is 1.21 bits per heavy atom. The number of nitrogens with zero attached hydrogens (tertiary/aromatic N) is 4. The molecule has 3 aromatic heterocycles. The van der Waals surface area contributed by atoms with Gasteiger partial charge in [-0.3, -0.25) is 9.59 Å². The summed E-state index contributed by atoms with van der Waals surface area (Å²) < 4.78 is 15.2. The average Bonchev–Trinajstić information content (AvgIpc) is 3.38. The van der Waals surface area contributed by atoms with E-state index in [1.165, 1.54) is 23.1 Å². The number of benzene rings is 1. The summed E-state index contributed by atoms with van der Waals surface area (Å²) in [5, 5.41) is 7.68. The zero-order valence-electron chi connectivity index (χ0n) is 18.8. The van der Waals surface area contributed by atoms with E-state index in [0.29, 0.717) is 28.0 Å². The standard InChI is InChI=1S/C24H24FN5O2S/c1-14(2)30-23-19(12-26-30)18(11-20(28-23)21-9-8-15(3)33-21)24(32)29(4)13-22(31)27-17-7-5-6-16(25)10-17/h5-12,14H,13H2,1-4H3,(H,27,31). The van der Waals surface area contributed by atoms with Gasteiger partial charge in [-0.1, -0.05) is 6.07 Å². The highest BCUT2D eigenvalue weighted by molar-refractivity contribution is 7.15. The quantitative estimate of drug-likeness (QED) is 0.439. The molecular formula is C24H24FN5O2S. The number of rotatable bonds is 6. The largest absolute Gasteiger partial charge is 0.332 e. The van der Waals surface area contributed by atoms with Gasteiger partial charge in [0.2, 0.25) is 5.91 Å². The zero-order valence-corrected chi connectivity index (χ0v) is 19.6. The SMILES string of the molecule is Cc1ccc(-c2cc(C(=O)N(C)CC(=O)Nc3cccc(F)c3)c3cnn(C(C)C)c3n2)s1. The van der Waals surface area contributed by atoms with E-state index in [2.05, 4.69) is 10.4 Å². The van der Waals surface area contributed by atoms with Crippen LogP contribution in [0.25, 0.3) is 21.6 Å². The van der Waals surface area contributed by atoms with Crippen LogP contribution in [-0.2, 0) is 4.79 Å². The summed E-state index contributed by atoms with van der Waals surface area (Å²) in [5.74, 6) is -1.20. The van der Waals surface area contributed by atoms with Crippen LogP contribution >= 0.6 is 11.3 Å². The van der Waals surface area contributed by atoms with Crippen molar-refractivity contribution in [3.63, 3.8) is 0 Å². The third-order valence-electron chi connectivity index (χ3n) is 5.11. The van der Waals surface area contributed by atoms with Crippen LogP contribution in [0.4, 0.5) is 10.1 Å². The van der Waals surface area contributed by atoms with Gasteiger partial charge in [0.1, 0.15) is 5.82 Å². The number of aryl methyl sites for hydroxylation is 1. The lowest BCUT2D eigenvalue weighted by molar-refractivity contribution is -0.116. The number of thiophene rings is 1. The third kappa shape index (κ3) is 4.78. The van der Waals surface area contributed by atoms with Crippen molar-refractivity contribution in [1.29, 1.82) is 0 Å². The van der Waals surface area contributed by atoms with Crippen molar-refractivity contribution in [2.24, 2.45) is 0 Å². The molecule has 0 radical (unpaired) electrons. The van der Waals surface area contributed by atoms with Gasteiger partial charge in [-0.05, 0) is 57.2 Å². The normalized spacial score (nSPS) is 11.2. The molecule has 1 N–H and O–H groups in total. The summed E-state index contributed by atoms with van der Waals surface area (Å²) in [6.45, 7) is 5.83. The number of anilines is 1. The Morgan fingerprint density at radius 3 is 2.67 bits per heavy atom. The van der Waals surface area contributed by atoms with Gasteiger partial charge in [0.05, 0.1) is 34.3 Å². The second kappa shape index (κ2) is 9.11. The molecule has 0 saturated heterocycles. The Labute approximate surface area is 194 Å². The molecule has 0 aliphatic rings. The minimum Gasteiger partial charge on any atom is -0.332 e. The van der Waals surface area contributed by atoms with Gasteiger partial charge < -0.3 is 10.2 Å². The second-order valence-electron chi connectivity index (χ2n) is 8.11. The van der Waals surface area contributed by atoms with Crippen molar-refractivity contribution in [3.05, 3.63) is 64.9 Å². The molecule has 0 aliphatic carbocycles. The van der Waals surface area contributed by atoms with E-state index in [-0.39, 0.29) is 18.5 Å². The maximum atomic E-state index is 13.4. The van der Waals surface area contributed by atoms with Gasteiger partial charge in [0, 0.05) is 23.7 Å². The van der Waals surface area contributed by atoms with E-state index in [0.717, 1.165) is 9.75 Å². The van der Waals surface area contributed by atoms with E-state index < -0.39 is 11.7 Å². The van der Waals surface area contributed by atoms with Crippen molar-refractivity contribution < 1.29 is 14.0 Å². The van der Waals surface area contributed by atoms with Crippen molar-refractivity contribution in [2.75, 3.05) is 18.9 Å². The van der Waals surface area contributed by atoms with Gasteiger partial charge in [-0.2, -0.15) is 5.10 Å². The molecule has 3 heterocycles. The highest BCUT2D eigenvalue weighted by atomic mass is 32.1. The fraction of sp³-hybridized carbons (Fsp3) is 0.250. The molecule has 9 heteroatoms. The van der Waals surface area contributed by atoms with Gasteiger partial charge in [-0.25, -0.2) is 14.1 Å². The van der Waals surface area contributed by atoms with Crippen LogP contribution in [0.15, 0.2) is 48.7 Å². The Kier molecular flexibility index (Phi) is 6.24. The van der Waals surface area contributed by atoms with Crippen LogP contribution in [0.3, 0.4) is 0 Å². The van der Waals surface area contributed by atoms with Crippen LogP contribution < -0.4 is 5.32 Å². The van der Waals surface area contributed by atoms with E-state index in [1.54, 1.807) is 41.4 Å². The summed E-state index contributed by atoms with van der Waals surface area (Å²) in [5.41, 5.74) is 2.06. The summed E-state index contributed by atoms with van der Waals surface area (Å²) in [6, 6.07) is 11.4. The van der Waals surface area contributed by atoms with Crippen LogP contribution in [-0.4, -0.2) is 45.1 Å². The number of likely N-dealkylation sites (N-methyl/N-ethyl adjacent to an activating group) is 1. The highest BCUT2D eigenvalue weighted by Crippen LogP contribution is 2.31. The Hall–Kier alpha value is -3.59. The summed E-state index contributed by atoms with van der Waals surface area (Å²) in [4.78, 5) is 34.1. The zero-order chi connectivity index (χ0) is 23.7. The van der Waals surface area contributed by atoms with Gasteiger partial charge in [0.15, 0.2) is 5.65 Å². The number of hydrogen-bond acceptors (Lipinski definition) is 5. The summed E-state index contributed by atoms with van der Waals surface area (Å²) >= 11 is 1.60. The number of amides is 2. The van der Waals surface area contributed by atoms with Crippen LogP contribution in [0.1, 0.15) is 35.1 Å². The molecule has 0 spiro atoms. The average molecular weight is 466 g/mol. The molecular weight excluding hydrogens is 441 g/mol. The van der Waals surface area contributed by atoms with Crippen molar-refractivity contribution in [2.45, 2.75) is 26.8 Å². The molecule has 2 amide bonds. The minimum absolute atomic E-state index is 0.0630. The number of hydrogen-bond donors (Lipinski definition) is 1. The lowest BCUT2D eigenvalue weighted by atomic mass is 10.1. The van der Waals surface area contributed by atoms with E-state index >= 15 is 0 Å². The molecule has 0 saturated carbocycles. The van der Waals surface area contributed by atoms with Gasteiger partial charge in [0.25, 0.3) is 5.91 Å².